The van der Waals surface area contributed by atoms with Gasteiger partial charge >= 0.3 is 0 Å². The lowest BCUT2D eigenvalue weighted by atomic mass is 10.1. The smallest absolute Gasteiger partial charge is 0.277 e. The molecule has 0 radical (unpaired) electrons. The Morgan fingerprint density at radius 2 is 1.48 bits per heavy atom. The van der Waals surface area contributed by atoms with Crippen molar-refractivity contribution in [3.63, 3.8) is 0 Å². The fourth-order valence-electron chi connectivity index (χ4n) is 3.46. The van der Waals surface area contributed by atoms with Gasteiger partial charge in [-0.05, 0) is 30.3 Å². The topological polar surface area (TPSA) is 92.5 Å². The average Bonchev–Trinajstić information content (AvgIpc) is 3.39. The number of aromatic nitrogens is 1. The molecule has 0 spiro atoms. The molecule has 1 aliphatic heterocycles. The van der Waals surface area contributed by atoms with Gasteiger partial charge < -0.3 is 9.84 Å². The molecule has 31 heavy (non-hydrogen) atoms. The van der Waals surface area contributed by atoms with Crippen molar-refractivity contribution in [1.29, 1.82) is 0 Å². The fraction of sp³-hybridized carbons (Fsp3) is 0. The number of hydrogen-bond acceptors (Lipinski definition) is 5. The summed E-state index contributed by atoms with van der Waals surface area (Å²) in [6.45, 7) is 0. The van der Waals surface area contributed by atoms with Crippen molar-refractivity contribution in [2.45, 2.75) is 0 Å². The van der Waals surface area contributed by atoms with Gasteiger partial charge in [0.1, 0.15) is 0 Å². The van der Waals surface area contributed by atoms with Crippen molar-refractivity contribution in [1.82, 2.24) is 5.16 Å². The number of rotatable bonds is 4. The maximum atomic E-state index is 12.7. The Hall–Kier alpha value is -4.52. The number of benzene rings is 3. The van der Waals surface area contributed by atoms with Crippen LogP contribution in [0.2, 0.25) is 0 Å². The van der Waals surface area contributed by atoms with Crippen LogP contribution in [0.5, 0.6) is 0 Å². The maximum Gasteiger partial charge on any atom is 0.277 e. The van der Waals surface area contributed by atoms with Crippen LogP contribution in [-0.2, 0) is 0 Å². The van der Waals surface area contributed by atoms with Gasteiger partial charge in [0, 0.05) is 17.3 Å². The quantitative estimate of drug-likeness (QED) is 0.505. The van der Waals surface area contributed by atoms with Gasteiger partial charge in [-0.1, -0.05) is 53.7 Å². The largest absolute Gasteiger partial charge is 0.355 e. The predicted octanol–water partition coefficient (Wildman–Crippen LogP) is 4.39. The molecule has 7 nitrogen and oxygen atoms in total. The van der Waals surface area contributed by atoms with Crippen LogP contribution in [0.3, 0.4) is 0 Å². The Labute approximate surface area is 176 Å². The van der Waals surface area contributed by atoms with Gasteiger partial charge in [-0.25, -0.2) is 4.90 Å². The van der Waals surface area contributed by atoms with Crippen LogP contribution in [0.1, 0.15) is 31.2 Å². The lowest BCUT2D eigenvalue weighted by molar-refractivity contribution is 0.0925. The van der Waals surface area contributed by atoms with E-state index in [2.05, 4.69) is 10.5 Å². The van der Waals surface area contributed by atoms with E-state index in [1.165, 1.54) is 0 Å². The first-order valence-corrected chi connectivity index (χ1v) is 9.53. The molecule has 1 aliphatic rings. The molecule has 4 aromatic rings. The summed E-state index contributed by atoms with van der Waals surface area (Å²) in [7, 11) is 0. The Morgan fingerprint density at radius 3 is 2.19 bits per heavy atom. The lowest BCUT2D eigenvalue weighted by Gasteiger charge is -2.15. The van der Waals surface area contributed by atoms with Crippen LogP contribution >= 0.6 is 0 Å². The first-order valence-electron chi connectivity index (χ1n) is 9.53. The molecule has 0 fully saturated rings. The van der Waals surface area contributed by atoms with E-state index >= 15 is 0 Å². The van der Waals surface area contributed by atoms with Crippen molar-refractivity contribution in [2.75, 3.05) is 10.2 Å². The van der Waals surface area contributed by atoms with Gasteiger partial charge in [-0.3, -0.25) is 14.4 Å². The molecule has 0 saturated heterocycles. The molecule has 7 heteroatoms. The maximum absolute atomic E-state index is 12.7. The summed E-state index contributed by atoms with van der Waals surface area (Å²) < 4.78 is 5.27. The van der Waals surface area contributed by atoms with Gasteiger partial charge in [0.05, 0.1) is 16.8 Å². The molecule has 0 bridgehead atoms. The number of imide groups is 1. The van der Waals surface area contributed by atoms with Gasteiger partial charge in [-0.15, -0.1) is 0 Å². The van der Waals surface area contributed by atoms with Crippen LogP contribution in [-0.4, -0.2) is 22.9 Å². The third-order valence-corrected chi connectivity index (χ3v) is 4.96. The van der Waals surface area contributed by atoms with Crippen LogP contribution < -0.4 is 10.2 Å². The lowest BCUT2D eigenvalue weighted by Crippen LogP contribution is -2.29. The number of carbonyl (C=O) groups is 3. The zero-order chi connectivity index (χ0) is 21.4. The molecule has 1 N–H and O–H groups in total. The van der Waals surface area contributed by atoms with E-state index in [1.807, 2.05) is 30.3 Å². The SMILES string of the molecule is O=C(Nc1cccc(N2C(=O)c3ccccc3C2=O)c1)c1cc(-c2ccccc2)on1. The second-order valence-corrected chi connectivity index (χ2v) is 6.94. The van der Waals surface area contributed by atoms with E-state index in [9.17, 15) is 14.4 Å². The summed E-state index contributed by atoms with van der Waals surface area (Å²) in [5, 5.41) is 6.56. The molecule has 3 amide bonds. The average molecular weight is 409 g/mol. The summed E-state index contributed by atoms with van der Waals surface area (Å²) in [4.78, 5) is 39.1. The summed E-state index contributed by atoms with van der Waals surface area (Å²) in [6.07, 6.45) is 0. The van der Waals surface area contributed by atoms with E-state index in [1.54, 1.807) is 54.6 Å². The third kappa shape index (κ3) is 3.28. The summed E-state index contributed by atoms with van der Waals surface area (Å²) in [5.74, 6) is -0.780. The minimum absolute atomic E-state index is 0.116. The van der Waals surface area contributed by atoms with E-state index < -0.39 is 17.7 Å². The van der Waals surface area contributed by atoms with Crippen molar-refractivity contribution < 1.29 is 18.9 Å². The number of anilines is 2. The molecule has 0 saturated carbocycles. The highest BCUT2D eigenvalue weighted by Crippen LogP contribution is 2.30. The normalized spacial score (nSPS) is 12.7. The number of carbonyl (C=O) groups excluding carboxylic acids is 3. The van der Waals surface area contributed by atoms with Gasteiger partial charge in [-0.2, -0.15) is 0 Å². The zero-order valence-corrected chi connectivity index (χ0v) is 16.1. The third-order valence-electron chi connectivity index (χ3n) is 4.96. The second-order valence-electron chi connectivity index (χ2n) is 6.94. The number of amides is 3. The fourth-order valence-corrected chi connectivity index (χ4v) is 3.46. The summed E-state index contributed by atoms with van der Waals surface area (Å²) in [5.41, 5.74) is 2.43. The van der Waals surface area contributed by atoms with Crippen LogP contribution in [0, 0.1) is 0 Å². The van der Waals surface area contributed by atoms with Crippen molar-refractivity contribution in [3.8, 4) is 11.3 Å². The van der Waals surface area contributed by atoms with Crippen molar-refractivity contribution in [3.05, 3.63) is 102 Å². The minimum atomic E-state index is -0.467. The highest BCUT2D eigenvalue weighted by molar-refractivity contribution is 6.34. The van der Waals surface area contributed by atoms with E-state index in [0.717, 1.165) is 10.5 Å². The number of nitrogens with zero attached hydrogens (tertiary/aromatic N) is 2. The number of nitrogens with one attached hydrogen (secondary N) is 1. The van der Waals surface area contributed by atoms with Crippen LogP contribution in [0.4, 0.5) is 11.4 Å². The molecule has 0 aliphatic carbocycles. The molecule has 5 rings (SSSR count). The minimum Gasteiger partial charge on any atom is -0.355 e. The second kappa shape index (κ2) is 7.38. The van der Waals surface area contributed by atoms with Gasteiger partial charge in [0.2, 0.25) is 0 Å². The van der Waals surface area contributed by atoms with Crippen molar-refractivity contribution in [2.24, 2.45) is 0 Å². The highest BCUT2D eigenvalue weighted by atomic mass is 16.5. The molecule has 0 atom stereocenters. The molecular weight excluding hydrogens is 394 g/mol. The van der Waals surface area contributed by atoms with Crippen molar-refractivity contribution >= 4 is 29.1 Å². The van der Waals surface area contributed by atoms with Crippen LogP contribution in [0.25, 0.3) is 11.3 Å². The number of fused-ring (bicyclic) bond motifs is 1. The molecule has 150 valence electrons. The Bertz CT molecular complexity index is 1290. The Morgan fingerprint density at radius 1 is 0.806 bits per heavy atom. The predicted molar refractivity (Wildman–Crippen MR) is 114 cm³/mol. The highest BCUT2D eigenvalue weighted by Gasteiger charge is 2.36. The summed E-state index contributed by atoms with van der Waals surface area (Å²) in [6, 6.07) is 24.1. The van der Waals surface area contributed by atoms with E-state index in [4.69, 9.17) is 4.52 Å². The molecule has 3 aromatic carbocycles. The zero-order valence-electron chi connectivity index (χ0n) is 16.1. The summed E-state index contributed by atoms with van der Waals surface area (Å²) >= 11 is 0. The standard InChI is InChI=1S/C24H15N3O4/c28-22(20-14-21(31-26-20)15-7-2-1-3-8-15)25-16-9-6-10-17(13-16)27-23(29)18-11-4-5-12-19(18)24(27)30/h1-14H,(H,25,28). The van der Waals surface area contributed by atoms with Gasteiger partial charge in [0.15, 0.2) is 11.5 Å². The Balaban J connectivity index is 1.37. The molecule has 1 aromatic heterocycles. The molecule has 0 unspecified atom stereocenters. The first-order chi connectivity index (χ1) is 15.1. The monoisotopic (exact) mass is 409 g/mol. The number of hydrogen-bond donors (Lipinski definition) is 1. The van der Waals surface area contributed by atoms with E-state index in [0.29, 0.717) is 28.3 Å². The van der Waals surface area contributed by atoms with E-state index in [-0.39, 0.29) is 5.69 Å². The Kier molecular flexibility index (Phi) is 4.41. The van der Waals surface area contributed by atoms with Crippen LogP contribution in [0.15, 0.2) is 89.5 Å². The first kappa shape index (κ1) is 18.5. The molecule has 2 heterocycles. The van der Waals surface area contributed by atoms with Gasteiger partial charge in [0.25, 0.3) is 17.7 Å². The molecular formula is C24H15N3O4.